The van der Waals surface area contributed by atoms with E-state index in [1.807, 2.05) is 0 Å². The summed E-state index contributed by atoms with van der Waals surface area (Å²) in [6.07, 6.45) is 4.10. The quantitative estimate of drug-likeness (QED) is 0.474. The van der Waals surface area contributed by atoms with Crippen LogP contribution in [0.3, 0.4) is 0 Å². The molecule has 0 spiro atoms. The Morgan fingerprint density at radius 1 is 1.82 bits per heavy atom. The van der Waals surface area contributed by atoms with Crippen molar-refractivity contribution in [2.75, 3.05) is 13.1 Å². The Labute approximate surface area is 68.4 Å². The first-order valence-electron chi connectivity index (χ1n) is 4.23. The Hall–Kier alpha value is -0.790. The molecule has 1 aliphatic rings. The van der Waals surface area contributed by atoms with Crippen molar-refractivity contribution in [2.24, 2.45) is 5.92 Å². The highest BCUT2D eigenvalue weighted by molar-refractivity contribution is 5.89. The van der Waals surface area contributed by atoms with Gasteiger partial charge in [-0.2, -0.15) is 0 Å². The fourth-order valence-corrected chi connectivity index (χ4v) is 1.51. The fraction of sp³-hybridized carbons (Fsp3) is 0.667. The minimum absolute atomic E-state index is 0.584. The minimum atomic E-state index is 0.584. The number of hydrogen-bond acceptors (Lipinski definition) is 1. The van der Waals surface area contributed by atoms with Gasteiger partial charge in [-0.25, -0.2) is 0 Å². The monoisotopic (exact) mass is 152 g/mol. The van der Waals surface area contributed by atoms with Crippen LogP contribution in [0.2, 0.25) is 0 Å². The van der Waals surface area contributed by atoms with Crippen LogP contribution in [0.25, 0.3) is 0 Å². The van der Waals surface area contributed by atoms with Gasteiger partial charge in [0.25, 0.3) is 0 Å². The molecule has 0 amide bonds. The molecule has 0 aromatic heterocycles. The van der Waals surface area contributed by atoms with Crippen LogP contribution in [0.15, 0.2) is 12.7 Å². The van der Waals surface area contributed by atoms with Gasteiger partial charge in [-0.1, -0.05) is 19.9 Å². The summed E-state index contributed by atoms with van der Waals surface area (Å²) in [7, 11) is 0. The molecular weight excluding hydrogens is 136 g/mol. The predicted molar refractivity (Wildman–Crippen MR) is 47.9 cm³/mol. The van der Waals surface area contributed by atoms with Gasteiger partial charge in [0, 0.05) is 13.1 Å². The Kier molecular flexibility index (Phi) is 2.69. The lowest BCUT2D eigenvalue weighted by Gasteiger charge is -2.15. The largest absolute Gasteiger partial charge is 0.357 e. The number of nitrogens with one attached hydrogen (secondary N) is 1. The van der Waals surface area contributed by atoms with Gasteiger partial charge >= 0.3 is 0 Å². The number of amidine groups is 1. The van der Waals surface area contributed by atoms with E-state index in [0.717, 1.165) is 19.0 Å². The molecule has 0 aromatic rings. The van der Waals surface area contributed by atoms with Crippen molar-refractivity contribution in [1.82, 2.24) is 4.90 Å². The summed E-state index contributed by atoms with van der Waals surface area (Å²) in [5, 5.41) is 7.51. The van der Waals surface area contributed by atoms with Gasteiger partial charge in [0.15, 0.2) is 0 Å². The summed E-state index contributed by atoms with van der Waals surface area (Å²) in [6.45, 7) is 7.91. The van der Waals surface area contributed by atoms with Crippen LogP contribution in [0.4, 0.5) is 0 Å². The van der Waals surface area contributed by atoms with E-state index >= 15 is 0 Å². The summed E-state index contributed by atoms with van der Waals surface area (Å²) in [5.41, 5.74) is 0. The number of rotatable bonds is 2. The van der Waals surface area contributed by atoms with E-state index in [2.05, 4.69) is 18.4 Å². The maximum atomic E-state index is 7.51. The third kappa shape index (κ3) is 1.82. The van der Waals surface area contributed by atoms with Gasteiger partial charge in [-0.05, 0) is 18.4 Å². The van der Waals surface area contributed by atoms with Crippen LogP contribution >= 0.6 is 0 Å². The summed E-state index contributed by atoms with van der Waals surface area (Å²) in [4.78, 5) is 2.10. The van der Waals surface area contributed by atoms with Crippen LogP contribution in [-0.2, 0) is 0 Å². The molecule has 0 saturated carbocycles. The lowest BCUT2D eigenvalue weighted by Crippen LogP contribution is -2.25. The average Bonchev–Trinajstić information content (AvgIpc) is 2.50. The van der Waals surface area contributed by atoms with Crippen molar-refractivity contribution >= 4 is 5.84 Å². The molecule has 1 atom stereocenters. The summed E-state index contributed by atoms with van der Waals surface area (Å²) < 4.78 is 0. The normalized spacial score (nSPS) is 23.7. The number of hydrogen-bond donors (Lipinski definition) is 1. The first kappa shape index (κ1) is 8.31. The molecular formula is C9H16N2. The second-order valence-corrected chi connectivity index (χ2v) is 3.10. The zero-order valence-corrected chi connectivity index (χ0v) is 7.14. The molecule has 2 nitrogen and oxygen atoms in total. The highest BCUT2D eigenvalue weighted by atomic mass is 15.2. The second kappa shape index (κ2) is 3.56. The first-order chi connectivity index (χ1) is 5.27. The zero-order chi connectivity index (χ0) is 8.27. The fourth-order valence-electron chi connectivity index (χ4n) is 1.51. The molecule has 62 valence electrons. The predicted octanol–water partition coefficient (Wildman–Crippen LogP) is 1.88. The molecule has 1 heterocycles. The SMILES string of the molecule is C=CC(=N)N1CC[C@@H](CC)C1. The van der Waals surface area contributed by atoms with Gasteiger partial charge in [-0.15, -0.1) is 0 Å². The van der Waals surface area contributed by atoms with Crippen molar-refractivity contribution in [2.45, 2.75) is 19.8 Å². The number of likely N-dealkylation sites (tertiary alicyclic amines) is 1. The third-order valence-corrected chi connectivity index (χ3v) is 2.40. The zero-order valence-electron chi connectivity index (χ0n) is 7.14. The summed E-state index contributed by atoms with van der Waals surface area (Å²) in [5.74, 6) is 1.39. The molecule has 1 saturated heterocycles. The van der Waals surface area contributed by atoms with Gasteiger partial charge < -0.3 is 4.90 Å². The van der Waals surface area contributed by atoms with E-state index in [4.69, 9.17) is 5.41 Å². The molecule has 0 bridgehead atoms. The Morgan fingerprint density at radius 2 is 2.55 bits per heavy atom. The molecule has 0 unspecified atom stereocenters. The minimum Gasteiger partial charge on any atom is -0.357 e. The second-order valence-electron chi connectivity index (χ2n) is 3.10. The summed E-state index contributed by atoms with van der Waals surface area (Å²) >= 11 is 0. The average molecular weight is 152 g/mol. The van der Waals surface area contributed by atoms with Crippen molar-refractivity contribution < 1.29 is 0 Å². The van der Waals surface area contributed by atoms with Crippen molar-refractivity contribution in [1.29, 1.82) is 5.41 Å². The Morgan fingerprint density at radius 3 is 3.00 bits per heavy atom. The van der Waals surface area contributed by atoms with E-state index in [-0.39, 0.29) is 0 Å². The molecule has 1 fully saturated rings. The molecule has 1 rings (SSSR count). The number of nitrogens with zero attached hydrogens (tertiary/aromatic N) is 1. The van der Waals surface area contributed by atoms with Crippen LogP contribution in [0.1, 0.15) is 19.8 Å². The Bertz CT molecular complexity index is 163. The topological polar surface area (TPSA) is 27.1 Å². The first-order valence-corrected chi connectivity index (χ1v) is 4.23. The maximum Gasteiger partial charge on any atom is 0.119 e. The van der Waals surface area contributed by atoms with Crippen LogP contribution in [-0.4, -0.2) is 23.8 Å². The lowest BCUT2D eigenvalue weighted by atomic mass is 10.1. The molecule has 11 heavy (non-hydrogen) atoms. The standard InChI is InChI=1S/C9H16N2/c1-3-8-5-6-11(7-8)9(10)4-2/h4,8,10H,2-3,5-7H2,1H3/t8-/m1/s1. The highest BCUT2D eigenvalue weighted by Gasteiger charge is 2.21. The van der Waals surface area contributed by atoms with E-state index in [9.17, 15) is 0 Å². The van der Waals surface area contributed by atoms with Crippen LogP contribution in [0.5, 0.6) is 0 Å². The van der Waals surface area contributed by atoms with Gasteiger partial charge in [0.2, 0.25) is 0 Å². The molecule has 2 heteroatoms. The van der Waals surface area contributed by atoms with Crippen molar-refractivity contribution in [3.8, 4) is 0 Å². The van der Waals surface area contributed by atoms with Gasteiger partial charge in [0.1, 0.15) is 5.84 Å². The highest BCUT2D eigenvalue weighted by Crippen LogP contribution is 2.18. The maximum absolute atomic E-state index is 7.51. The molecule has 1 N–H and O–H groups in total. The smallest absolute Gasteiger partial charge is 0.119 e. The van der Waals surface area contributed by atoms with Crippen molar-refractivity contribution in [3.05, 3.63) is 12.7 Å². The Balaban J connectivity index is 2.41. The molecule has 0 radical (unpaired) electrons. The third-order valence-electron chi connectivity index (χ3n) is 2.40. The van der Waals surface area contributed by atoms with E-state index < -0.39 is 0 Å². The van der Waals surface area contributed by atoms with Crippen LogP contribution in [0, 0.1) is 11.3 Å². The lowest BCUT2D eigenvalue weighted by molar-refractivity contribution is 0.472. The van der Waals surface area contributed by atoms with E-state index in [1.54, 1.807) is 6.08 Å². The van der Waals surface area contributed by atoms with E-state index in [1.165, 1.54) is 12.8 Å². The van der Waals surface area contributed by atoms with Crippen LogP contribution < -0.4 is 0 Å². The molecule has 1 aliphatic heterocycles. The molecule has 0 aromatic carbocycles. The van der Waals surface area contributed by atoms with Crippen molar-refractivity contribution in [3.63, 3.8) is 0 Å². The van der Waals surface area contributed by atoms with Gasteiger partial charge in [0.05, 0.1) is 0 Å². The van der Waals surface area contributed by atoms with E-state index in [0.29, 0.717) is 5.84 Å². The molecule has 0 aliphatic carbocycles. The van der Waals surface area contributed by atoms with Gasteiger partial charge in [-0.3, -0.25) is 5.41 Å². The summed E-state index contributed by atoms with van der Waals surface area (Å²) in [6, 6.07) is 0.